The van der Waals surface area contributed by atoms with Gasteiger partial charge in [-0.15, -0.1) is 0 Å². The van der Waals surface area contributed by atoms with E-state index in [2.05, 4.69) is 21.2 Å². The van der Waals surface area contributed by atoms with Crippen molar-refractivity contribution in [2.24, 2.45) is 0 Å². The van der Waals surface area contributed by atoms with E-state index in [9.17, 15) is 13.2 Å². The molecule has 1 rings (SSSR count). The molecule has 0 atom stereocenters. The lowest BCUT2D eigenvalue weighted by Gasteiger charge is -2.19. The summed E-state index contributed by atoms with van der Waals surface area (Å²) in [7, 11) is -1.98. The molecule has 0 aliphatic heterocycles. The Hall–Kier alpha value is -0.960. The Morgan fingerprint density at radius 3 is 2.62 bits per heavy atom. The summed E-state index contributed by atoms with van der Waals surface area (Å²) in [5.41, 5.74) is 1.66. The molecule has 0 spiro atoms. The summed E-state index contributed by atoms with van der Waals surface area (Å²) in [5.74, 6) is -0.402. The van der Waals surface area contributed by atoms with E-state index in [1.807, 2.05) is 19.1 Å². The summed E-state index contributed by atoms with van der Waals surface area (Å²) in [6.07, 6.45) is 1.07. The fraction of sp³-hybridized carbons (Fsp3) is 0.462. The van der Waals surface area contributed by atoms with Crippen LogP contribution in [0, 0.1) is 6.92 Å². The van der Waals surface area contributed by atoms with Crippen LogP contribution in [0.2, 0.25) is 0 Å². The van der Waals surface area contributed by atoms with Gasteiger partial charge in [-0.25, -0.2) is 8.42 Å². The van der Waals surface area contributed by atoms with Crippen LogP contribution in [0.4, 0.5) is 5.69 Å². The van der Waals surface area contributed by atoms with E-state index in [-0.39, 0.29) is 19.7 Å². The van der Waals surface area contributed by atoms with Gasteiger partial charge in [0.25, 0.3) is 0 Å². The van der Waals surface area contributed by atoms with Crippen LogP contribution in [0.1, 0.15) is 5.56 Å². The number of carbonyl (C=O) groups excluding carboxylic acids is 1. The van der Waals surface area contributed by atoms with Crippen molar-refractivity contribution in [2.75, 3.05) is 38.4 Å². The summed E-state index contributed by atoms with van der Waals surface area (Å²) in [5, 5.41) is 2.68. The van der Waals surface area contributed by atoms with Crippen LogP contribution in [0.25, 0.3) is 0 Å². The Labute approximate surface area is 133 Å². The largest absolute Gasteiger partial charge is 0.383 e. The number of halogens is 1. The molecule has 0 heterocycles. The molecule has 0 saturated heterocycles. The number of benzene rings is 1. The van der Waals surface area contributed by atoms with E-state index < -0.39 is 15.9 Å². The molecule has 0 fully saturated rings. The van der Waals surface area contributed by atoms with Gasteiger partial charge in [-0.3, -0.25) is 4.79 Å². The van der Waals surface area contributed by atoms with Gasteiger partial charge >= 0.3 is 0 Å². The molecule has 8 heteroatoms. The van der Waals surface area contributed by atoms with E-state index in [1.54, 1.807) is 6.07 Å². The first-order chi connectivity index (χ1) is 9.74. The predicted octanol–water partition coefficient (Wildman–Crippen LogP) is 1.60. The maximum Gasteiger partial charge on any atom is 0.239 e. The number of anilines is 1. The molecule has 0 aromatic heterocycles. The highest BCUT2D eigenvalue weighted by molar-refractivity contribution is 9.10. The Morgan fingerprint density at radius 2 is 2.10 bits per heavy atom. The third-order valence-corrected chi connectivity index (χ3v) is 4.64. The molecule has 0 aliphatic rings. The third-order valence-electron chi connectivity index (χ3n) is 2.73. The van der Waals surface area contributed by atoms with Crippen molar-refractivity contribution in [3.63, 3.8) is 0 Å². The van der Waals surface area contributed by atoms with E-state index in [4.69, 9.17) is 4.74 Å². The summed E-state index contributed by atoms with van der Waals surface area (Å²) < 4.78 is 29.9. The first kappa shape index (κ1) is 18.1. The highest BCUT2D eigenvalue weighted by atomic mass is 79.9. The molecule has 6 nitrogen and oxygen atoms in total. The average molecular weight is 379 g/mol. The minimum Gasteiger partial charge on any atom is -0.383 e. The molecular formula is C13H19BrN2O4S. The van der Waals surface area contributed by atoms with Crippen LogP contribution in [0.15, 0.2) is 22.7 Å². The second-order valence-electron chi connectivity index (χ2n) is 4.62. The monoisotopic (exact) mass is 378 g/mol. The second kappa shape index (κ2) is 7.88. The Balaban J connectivity index is 2.74. The van der Waals surface area contributed by atoms with Gasteiger partial charge in [0.2, 0.25) is 15.9 Å². The summed E-state index contributed by atoms with van der Waals surface area (Å²) in [6.45, 7) is 2.06. The fourth-order valence-corrected chi connectivity index (χ4v) is 2.98. The van der Waals surface area contributed by atoms with Gasteiger partial charge in [-0.2, -0.15) is 4.31 Å². The first-order valence-corrected chi connectivity index (χ1v) is 8.88. The zero-order valence-corrected chi connectivity index (χ0v) is 14.6. The van der Waals surface area contributed by atoms with Crippen LogP contribution >= 0.6 is 15.9 Å². The van der Waals surface area contributed by atoms with E-state index >= 15 is 0 Å². The first-order valence-electron chi connectivity index (χ1n) is 6.24. The summed E-state index contributed by atoms with van der Waals surface area (Å²) in [4.78, 5) is 12.0. The van der Waals surface area contributed by atoms with Gasteiger partial charge in [0.1, 0.15) is 0 Å². The molecular weight excluding hydrogens is 360 g/mol. The molecule has 0 saturated carbocycles. The normalized spacial score (nSPS) is 11.7. The molecule has 0 unspecified atom stereocenters. The second-order valence-corrected chi connectivity index (χ2v) is 7.46. The maximum atomic E-state index is 12.0. The lowest BCUT2D eigenvalue weighted by Crippen LogP contribution is -2.39. The standard InChI is InChI=1S/C13H19BrN2O4S/c1-10-4-5-12(11(14)8-10)15-13(17)9-16(6-7-20-2)21(3,18)19/h4-5,8H,6-7,9H2,1-3H3,(H,15,17). The molecule has 21 heavy (non-hydrogen) atoms. The smallest absolute Gasteiger partial charge is 0.239 e. The minimum atomic E-state index is -3.46. The number of aryl methyl sites for hydroxylation is 1. The van der Waals surface area contributed by atoms with E-state index in [0.717, 1.165) is 20.6 Å². The number of sulfonamides is 1. The van der Waals surface area contributed by atoms with Crippen LogP contribution in [-0.2, 0) is 19.6 Å². The zero-order chi connectivity index (χ0) is 16.0. The maximum absolute atomic E-state index is 12.0. The van der Waals surface area contributed by atoms with Crippen LogP contribution < -0.4 is 5.32 Å². The number of rotatable bonds is 7. The van der Waals surface area contributed by atoms with Gasteiger partial charge in [0, 0.05) is 18.1 Å². The van der Waals surface area contributed by atoms with Crippen molar-refractivity contribution < 1.29 is 17.9 Å². The topological polar surface area (TPSA) is 75.7 Å². The molecule has 0 aliphatic carbocycles. The molecule has 1 aromatic rings. The van der Waals surface area contributed by atoms with Crippen LogP contribution in [0.5, 0.6) is 0 Å². The van der Waals surface area contributed by atoms with Crippen molar-refractivity contribution in [3.05, 3.63) is 28.2 Å². The number of hydrogen-bond acceptors (Lipinski definition) is 4. The molecule has 1 amide bonds. The van der Waals surface area contributed by atoms with Crippen molar-refractivity contribution in [1.82, 2.24) is 4.31 Å². The molecule has 1 N–H and O–H groups in total. The number of methoxy groups -OCH3 is 1. The van der Waals surface area contributed by atoms with Crippen molar-refractivity contribution in [1.29, 1.82) is 0 Å². The number of nitrogens with zero attached hydrogens (tertiary/aromatic N) is 1. The zero-order valence-electron chi connectivity index (χ0n) is 12.2. The van der Waals surface area contributed by atoms with Gasteiger partial charge < -0.3 is 10.1 Å². The van der Waals surface area contributed by atoms with Gasteiger partial charge in [-0.1, -0.05) is 6.07 Å². The Morgan fingerprint density at radius 1 is 1.43 bits per heavy atom. The fourth-order valence-electron chi connectivity index (χ4n) is 1.63. The third kappa shape index (κ3) is 6.13. The number of carbonyl (C=O) groups is 1. The quantitative estimate of drug-likeness (QED) is 0.781. The lowest BCUT2D eigenvalue weighted by atomic mass is 10.2. The van der Waals surface area contributed by atoms with Gasteiger partial charge in [0.15, 0.2) is 0 Å². The molecule has 1 aromatic carbocycles. The highest BCUT2D eigenvalue weighted by Gasteiger charge is 2.20. The van der Waals surface area contributed by atoms with Gasteiger partial charge in [-0.05, 0) is 40.5 Å². The number of amides is 1. The average Bonchev–Trinajstić information content (AvgIpc) is 2.36. The van der Waals surface area contributed by atoms with Crippen molar-refractivity contribution in [2.45, 2.75) is 6.92 Å². The van der Waals surface area contributed by atoms with E-state index in [0.29, 0.717) is 5.69 Å². The number of ether oxygens (including phenoxy) is 1. The molecule has 0 bridgehead atoms. The van der Waals surface area contributed by atoms with Crippen LogP contribution in [-0.4, -0.2) is 51.7 Å². The SMILES string of the molecule is COCCN(CC(=O)Nc1ccc(C)cc1Br)S(C)(=O)=O. The van der Waals surface area contributed by atoms with Gasteiger partial charge in [0.05, 0.1) is 25.1 Å². The van der Waals surface area contributed by atoms with Crippen LogP contribution in [0.3, 0.4) is 0 Å². The number of nitrogens with one attached hydrogen (secondary N) is 1. The Kier molecular flexibility index (Phi) is 6.79. The predicted molar refractivity (Wildman–Crippen MR) is 85.8 cm³/mol. The Bertz CT molecular complexity index is 604. The highest BCUT2D eigenvalue weighted by Crippen LogP contribution is 2.23. The lowest BCUT2D eigenvalue weighted by molar-refractivity contribution is -0.116. The van der Waals surface area contributed by atoms with Crippen molar-refractivity contribution >= 4 is 37.5 Å². The summed E-state index contributed by atoms with van der Waals surface area (Å²) >= 11 is 3.36. The minimum absolute atomic E-state index is 0.137. The van der Waals surface area contributed by atoms with Crippen molar-refractivity contribution in [3.8, 4) is 0 Å². The molecule has 0 radical (unpaired) electrons. The molecule has 118 valence electrons. The van der Waals surface area contributed by atoms with E-state index in [1.165, 1.54) is 7.11 Å². The summed E-state index contributed by atoms with van der Waals surface area (Å²) in [6, 6.07) is 5.49. The number of hydrogen-bond donors (Lipinski definition) is 1.